The number of anilines is 1. The van der Waals surface area contributed by atoms with Crippen molar-refractivity contribution in [1.29, 1.82) is 0 Å². The van der Waals surface area contributed by atoms with E-state index in [1.807, 2.05) is 54.8 Å². The molecule has 0 fully saturated rings. The number of thiazole rings is 1. The molecule has 1 amide bonds. The average Bonchev–Trinajstić information content (AvgIpc) is 3.14. The van der Waals surface area contributed by atoms with Gasteiger partial charge in [-0.15, -0.1) is 11.3 Å². The number of nitrogens with one attached hydrogen (secondary N) is 1. The Bertz CT molecular complexity index is 939. The predicted octanol–water partition coefficient (Wildman–Crippen LogP) is 4.15. The molecule has 0 bridgehead atoms. The predicted molar refractivity (Wildman–Crippen MR) is 106 cm³/mol. The van der Waals surface area contributed by atoms with E-state index in [0.717, 1.165) is 11.1 Å². The molecule has 0 radical (unpaired) electrons. The van der Waals surface area contributed by atoms with Crippen LogP contribution in [0.15, 0.2) is 47.8 Å². The molecule has 0 saturated heterocycles. The Morgan fingerprint density at radius 1 is 1.11 bits per heavy atom. The molecule has 0 unspecified atom stereocenters. The Hall–Kier alpha value is -3.06. The van der Waals surface area contributed by atoms with Crippen molar-refractivity contribution in [2.45, 2.75) is 6.92 Å². The van der Waals surface area contributed by atoms with E-state index >= 15 is 0 Å². The van der Waals surface area contributed by atoms with Gasteiger partial charge in [0.15, 0.2) is 11.7 Å². The second-order valence-corrected chi connectivity index (χ2v) is 6.62. The molecule has 1 aromatic heterocycles. The first-order valence-electron chi connectivity index (χ1n) is 8.26. The highest BCUT2D eigenvalue weighted by Crippen LogP contribution is 2.35. The minimum Gasteiger partial charge on any atom is -0.497 e. The van der Waals surface area contributed by atoms with Crippen LogP contribution in [-0.2, 0) is 4.79 Å². The third-order valence-electron chi connectivity index (χ3n) is 3.79. The topological polar surface area (TPSA) is 69.7 Å². The Morgan fingerprint density at radius 2 is 1.96 bits per heavy atom. The maximum absolute atomic E-state index is 12.1. The lowest BCUT2D eigenvalue weighted by Crippen LogP contribution is -2.20. The lowest BCUT2D eigenvalue weighted by atomic mass is 10.1. The van der Waals surface area contributed by atoms with Gasteiger partial charge in [-0.05, 0) is 42.8 Å². The van der Waals surface area contributed by atoms with Crippen molar-refractivity contribution < 1.29 is 19.0 Å². The second kappa shape index (κ2) is 8.55. The Labute approximate surface area is 161 Å². The number of aryl methyl sites for hydroxylation is 1. The van der Waals surface area contributed by atoms with E-state index in [0.29, 0.717) is 28.1 Å². The maximum atomic E-state index is 12.1. The molecule has 3 aromatic rings. The largest absolute Gasteiger partial charge is 0.497 e. The molecule has 1 heterocycles. The molecule has 140 valence electrons. The van der Waals surface area contributed by atoms with Crippen LogP contribution in [0.4, 0.5) is 5.13 Å². The number of hydrogen-bond donors (Lipinski definition) is 1. The van der Waals surface area contributed by atoms with Gasteiger partial charge in [-0.2, -0.15) is 0 Å². The van der Waals surface area contributed by atoms with Crippen molar-refractivity contribution in [3.05, 3.63) is 53.4 Å². The fourth-order valence-corrected chi connectivity index (χ4v) is 3.21. The van der Waals surface area contributed by atoms with E-state index in [2.05, 4.69) is 10.3 Å². The van der Waals surface area contributed by atoms with Gasteiger partial charge in [0, 0.05) is 10.9 Å². The molecule has 2 aromatic carbocycles. The maximum Gasteiger partial charge on any atom is 0.264 e. The average molecular weight is 384 g/mol. The van der Waals surface area contributed by atoms with Crippen molar-refractivity contribution in [3.63, 3.8) is 0 Å². The van der Waals surface area contributed by atoms with Gasteiger partial charge in [0.1, 0.15) is 17.2 Å². The summed E-state index contributed by atoms with van der Waals surface area (Å²) in [6, 6.07) is 13.0. The van der Waals surface area contributed by atoms with Gasteiger partial charge in [-0.25, -0.2) is 4.98 Å². The van der Waals surface area contributed by atoms with E-state index in [1.54, 1.807) is 14.2 Å². The number of nitrogens with zero attached hydrogens (tertiary/aromatic N) is 1. The SMILES string of the molecule is COc1ccc(OC)c(-c2csc(NC(=O)COc3cccc(C)c3)n2)c1. The van der Waals surface area contributed by atoms with Crippen molar-refractivity contribution in [2.24, 2.45) is 0 Å². The summed E-state index contributed by atoms with van der Waals surface area (Å²) in [6.07, 6.45) is 0. The third-order valence-corrected chi connectivity index (χ3v) is 4.55. The van der Waals surface area contributed by atoms with Crippen LogP contribution >= 0.6 is 11.3 Å². The van der Waals surface area contributed by atoms with E-state index in [1.165, 1.54) is 11.3 Å². The molecule has 7 heteroatoms. The molecule has 0 atom stereocenters. The zero-order chi connectivity index (χ0) is 19.2. The highest BCUT2D eigenvalue weighted by Gasteiger charge is 2.13. The summed E-state index contributed by atoms with van der Waals surface area (Å²) in [4.78, 5) is 16.6. The minimum atomic E-state index is -0.269. The fourth-order valence-electron chi connectivity index (χ4n) is 2.48. The summed E-state index contributed by atoms with van der Waals surface area (Å²) in [6.45, 7) is 1.89. The highest BCUT2D eigenvalue weighted by atomic mass is 32.1. The van der Waals surface area contributed by atoms with Crippen molar-refractivity contribution in [2.75, 3.05) is 26.1 Å². The van der Waals surface area contributed by atoms with Crippen LogP contribution in [0.2, 0.25) is 0 Å². The lowest BCUT2D eigenvalue weighted by Gasteiger charge is -2.08. The van der Waals surface area contributed by atoms with Gasteiger partial charge in [0.05, 0.1) is 19.9 Å². The number of carbonyl (C=O) groups excluding carboxylic acids is 1. The van der Waals surface area contributed by atoms with Crippen molar-refractivity contribution in [1.82, 2.24) is 4.98 Å². The number of methoxy groups -OCH3 is 2. The molecule has 27 heavy (non-hydrogen) atoms. The number of ether oxygens (including phenoxy) is 3. The van der Waals surface area contributed by atoms with E-state index in [4.69, 9.17) is 14.2 Å². The van der Waals surface area contributed by atoms with Gasteiger partial charge in [0.2, 0.25) is 0 Å². The Kier molecular flexibility index (Phi) is 5.93. The molecule has 6 nitrogen and oxygen atoms in total. The van der Waals surface area contributed by atoms with Gasteiger partial charge in [0.25, 0.3) is 5.91 Å². The van der Waals surface area contributed by atoms with E-state index in [9.17, 15) is 4.79 Å². The summed E-state index contributed by atoms with van der Waals surface area (Å²) in [5.41, 5.74) is 2.57. The van der Waals surface area contributed by atoms with Gasteiger partial charge in [-0.1, -0.05) is 12.1 Å². The number of hydrogen-bond acceptors (Lipinski definition) is 6. The zero-order valence-corrected chi connectivity index (χ0v) is 16.1. The fraction of sp³-hybridized carbons (Fsp3) is 0.200. The first-order chi connectivity index (χ1) is 13.1. The first kappa shape index (κ1) is 18.7. The number of benzene rings is 2. The van der Waals surface area contributed by atoms with Crippen LogP contribution in [0.1, 0.15) is 5.56 Å². The highest BCUT2D eigenvalue weighted by molar-refractivity contribution is 7.14. The van der Waals surface area contributed by atoms with Gasteiger partial charge >= 0.3 is 0 Å². The Morgan fingerprint density at radius 3 is 2.70 bits per heavy atom. The molecular weight excluding hydrogens is 364 g/mol. The summed E-state index contributed by atoms with van der Waals surface area (Å²) < 4.78 is 16.2. The zero-order valence-electron chi connectivity index (χ0n) is 15.3. The molecule has 0 spiro atoms. The van der Waals surface area contributed by atoms with Crippen LogP contribution in [0.5, 0.6) is 17.2 Å². The Balaban J connectivity index is 1.66. The number of carbonyl (C=O) groups is 1. The molecule has 0 aliphatic heterocycles. The van der Waals surface area contributed by atoms with Gasteiger partial charge in [-0.3, -0.25) is 10.1 Å². The number of aromatic nitrogens is 1. The summed E-state index contributed by atoms with van der Waals surface area (Å²) >= 11 is 1.33. The first-order valence-corrected chi connectivity index (χ1v) is 9.14. The van der Waals surface area contributed by atoms with E-state index in [-0.39, 0.29) is 12.5 Å². The summed E-state index contributed by atoms with van der Waals surface area (Å²) in [7, 11) is 3.20. The minimum absolute atomic E-state index is 0.0825. The normalized spacial score (nSPS) is 10.3. The number of amides is 1. The molecule has 1 N–H and O–H groups in total. The molecule has 3 rings (SSSR count). The quantitative estimate of drug-likeness (QED) is 0.663. The van der Waals surface area contributed by atoms with Crippen LogP contribution < -0.4 is 19.5 Å². The summed E-state index contributed by atoms with van der Waals surface area (Å²) in [5, 5.41) is 5.10. The second-order valence-electron chi connectivity index (χ2n) is 5.76. The molecular formula is C20H20N2O4S. The van der Waals surface area contributed by atoms with Crippen molar-refractivity contribution in [3.8, 4) is 28.5 Å². The monoisotopic (exact) mass is 384 g/mol. The summed E-state index contributed by atoms with van der Waals surface area (Å²) in [5.74, 6) is 1.78. The molecule has 0 aliphatic carbocycles. The lowest BCUT2D eigenvalue weighted by molar-refractivity contribution is -0.118. The molecule has 0 saturated carbocycles. The number of rotatable bonds is 7. The van der Waals surface area contributed by atoms with Crippen molar-refractivity contribution >= 4 is 22.4 Å². The smallest absolute Gasteiger partial charge is 0.264 e. The van der Waals surface area contributed by atoms with Crippen LogP contribution in [0.25, 0.3) is 11.3 Å². The standard InChI is InChI=1S/C20H20N2O4S/c1-13-5-4-6-15(9-13)26-11-19(23)22-20-21-17(12-27-20)16-10-14(24-2)7-8-18(16)25-3/h4-10,12H,11H2,1-3H3,(H,21,22,23). The van der Waals surface area contributed by atoms with Crippen LogP contribution in [-0.4, -0.2) is 31.7 Å². The van der Waals surface area contributed by atoms with Crippen LogP contribution in [0.3, 0.4) is 0 Å². The molecule has 0 aliphatic rings. The van der Waals surface area contributed by atoms with Crippen LogP contribution in [0, 0.1) is 6.92 Å². The van der Waals surface area contributed by atoms with E-state index < -0.39 is 0 Å². The van der Waals surface area contributed by atoms with Gasteiger partial charge < -0.3 is 14.2 Å². The third kappa shape index (κ3) is 4.77.